The Balaban J connectivity index is 1.66. The topological polar surface area (TPSA) is 95.5 Å². The molecule has 0 spiro atoms. The smallest absolute Gasteiger partial charge is 0.335 e. The molecule has 0 aliphatic heterocycles. The maximum Gasteiger partial charge on any atom is 0.335 e. The van der Waals surface area contributed by atoms with E-state index in [9.17, 15) is 14.4 Å². The second-order valence-electron chi connectivity index (χ2n) is 6.75. The van der Waals surface area contributed by atoms with Crippen molar-refractivity contribution >= 4 is 29.2 Å². The van der Waals surface area contributed by atoms with E-state index in [1.807, 2.05) is 0 Å². The molecule has 6 heteroatoms. The number of amides is 2. The molecule has 1 aliphatic rings. The van der Waals surface area contributed by atoms with Crippen molar-refractivity contribution in [2.75, 3.05) is 10.6 Å². The van der Waals surface area contributed by atoms with Crippen molar-refractivity contribution in [3.63, 3.8) is 0 Å². The molecule has 0 bridgehead atoms. The molecule has 1 fully saturated rings. The molecule has 0 heterocycles. The highest BCUT2D eigenvalue weighted by Crippen LogP contribution is 2.25. The predicted octanol–water partition coefficient (Wildman–Crippen LogP) is 4.16. The molecule has 1 saturated carbocycles. The van der Waals surface area contributed by atoms with Crippen molar-refractivity contribution < 1.29 is 19.5 Å². The van der Waals surface area contributed by atoms with Gasteiger partial charge < -0.3 is 15.7 Å². The molecule has 140 valence electrons. The second kappa shape index (κ2) is 8.49. The van der Waals surface area contributed by atoms with Gasteiger partial charge in [-0.05, 0) is 49.2 Å². The number of carbonyl (C=O) groups excluding carboxylic acids is 2. The lowest BCUT2D eigenvalue weighted by Crippen LogP contribution is -2.24. The van der Waals surface area contributed by atoms with Crippen LogP contribution in [0.3, 0.4) is 0 Å². The van der Waals surface area contributed by atoms with Crippen LogP contribution in [0.4, 0.5) is 11.4 Å². The van der Waals surface area contributed by atoms with E-state index in [2.05, 4.69) is 10.6 Å². The number of hydrogen-bond acceptors (Lipinski definition) is 3. The third-order valence-corrected chi connectivity index (χ3v) is 4.74. The zero-order chi connectivity index (χ0) is 19.2. The minimum absolute atomic E-state index is 0.0207. The Labute approximate surface area is 157 Å². The summed E-state index contributed by atoms with van der Waals surface area (Å²) < 4.78 is 0. The van der Waals surface area contributed by atoms with Crippen molar-refractivity contribution in [3.8, 4) is 0 Å². The van der Waals surface area contributed by atoms with Gasteiger partial charge in [-0.25, -0.2) is 4.79 Å². The molecule has 3 rings (SSSR count). The Kier molecular flexibility index (Phi) is 5.86. The summed E-state index contributed by atoms with van der Waals surface area (Å²) in [6, 6.07) is 12.8. The van der Waals surface area contributed by atoms with Gasteiger partial charge in [0.05, 0.1) is 5.56 Å². The zero-order valence-electron chi connectivity index (χ0n) is 14.9. The van der Waals surface area contributed by atoms with Crippen LogP contribution in [0, 0.1) is 5.92 Å². The highest BCUT2D eigenvalue weighted by molar-refractivity contribution is 6.06. The van der Waals surface area contributed by atoms with Crippen LogP contribution in [-0.4, -0.2) is 22.9 Å². The van der Waals surface area contributed by atoms with E-state index in [1.54, 1.807) is 30.3 Å². The first-order chi connectivity index (χ1) is 13.0. The van der Waals surface area contributed by atoms with Crippen LogP contribution in [0.2, 0.25) is 0 Å². The summed E-state index contributed by atoms with van der Waals surface area (Å²) in [6.45, 7) is 0. The van der Waals surface area contributed by atoms with Crippen LogP contribution in [0.15, 0.2) is 48.5 Å². The summed E-state index contributed by atoms with van der Waals surface area (Å²) in [5, 5.41) is 14.7. The van der Waals surface area contributed by atoms with E-state index in [1.165, 1.54) is 24.6 Å². The molecule has 2 aromatic rings. The molecule has 0 radical (unpaired) electrons. The number of carboxylic acids is 1. The molecular weight excluding hydrogens is 344 g/mol. The van der Waals surface area contributed by atoms with E-state index in [0.717, 1.165) is 25.7 Å². The fourth-order valence-electron chi connectivity index (χ4n) is 3.28. The summed E-state index contributed by atoms with van der Waals surface area (Å²) >= 11 is 0. The Hall–Kier alpha value is -3.15. The third kappa shape index (κ3) is 4.94. The minimum atomic E-state index is -1.09. The van der Waals surface area contributed by atoms with Gasteiger partial charge >= 0.3 is 5.97 Å². The van der Waals surface area contributed by atoms with Gasteiger partial charge in [0.25, 0.3) is 5.91 Å². The quantitative estimate of drug-likeness (QED) is 0.740. The standard InChI is InChI=1S/C21H22N2O4/c24-19(14-6-2-1-3-7-14)22-17-10-5-11-18(13-17)23-20(25)15-8-4-9-16(12-15)21(26)27/h4-5,8-14H,1-3,6-7H2,(H,22,24)(H,23,25)(H,26,27). The number of benzene rings is 2. The van der Waals surface area contributed by atoms with Gasteiger partial charge in [-0.1, -0.05) is 31.4 Å². The predicted molar refractivity (Wildman–Crippen MR) is 103 cm³/mol. The fourth-order valence-corrected chi connectivity index (χ4v) is 3.28. The first-order valence-corrected chi connectivity index (χ1v) is 9.08. The lowest BCUT2D eigenvalue weighted by molar-refractivity contribution is -0.120. The summed E-state index contributed by atoms with van der Waals surface area (Å²) in [4.78, 5) is 35.8. The van der Waals surface area contributed by atoms with Crippen molar-refractivity contribution in [2.24, 2.45) is 5.92 Å². The van der Waals surface area contributed by atoms with Crippen molar-refractivity contribution in [3.05, 3.63) is 59.7 Å². The summed E-state index contributed by atoms with van der Waals surface area (Å²) in [6.07, 6.45) is 5.20. The number of carboxylic acid groups (broad SMARTS) is 1. The van der Waals surface area contributed by atoms with Crippen molar-refractivity contribution in [2.45, 2.75) is 32.1 Å². The Morgan fingerprint density at radius 3 is 2.15 bits per heavy atom. The average Bonchev–Trinajstić information content (AvgIpc) is 2.69. The Bertz CT molecular complexity index is 857. The lowest BCUT2D eigenvalue weighted by Gasteiger charge is -2.20. The highest BCUT2D eigenvalue weighted by Gasteiger charge is 2.21. The van der Waals surface area contributed by atoms with Gasteiger partial charge in [-0.15, -0.1) is 0 Å². The Morgan fingerprint density at radius 1 is 0.815 bits per heavy atom. The molecule has 0 aromatic heterocycles. The molecule has 0 saturated heterocycles. The normalized spacial score (nSPS) is 14.4. The number of nitrogens with one attached hydrogen (secondary N) is 2. The van der Waals surface area contributed by atoms with Gasteiger partial charge in [0.15, 0.2) is 0 Å². The molecule has 6 nitrogen and oxygen atoms in total. The monoisotopic (exact) mass is 366 g/mol. The van der Waals surface area contributed by atoms with Crippen molar-refractivity contribution in [1.82, 2.24) is 0 Å². The largest absolute Gasteiger partial charge is 0.478 e. The molecular formula is C21H22N2O4. The van der Waals surface area contributed by atoms with E-state index in [-0.39, 0.29) is 23.0 Å². The molecule has 0 unspecified atom stereocenters. The summed E-state index contributed by atoms with van der Waals surface area (Å²) in [5.74, 6) is -1.42. The molecule has 1 aliphatic carbocycles. The van der Waals surface area contributed by atoms with E-state index < -0.39 is 11.9 Å². The summed E-state index contributed by atoms with van der Waals surface area (Å²) in [7, 11) is 0. The maximum absolute atomic E-state index is 12.4. The molecule has 3 N–H and O–H groups in total. The van der Waals surface area contributed by atoms with E-state index >= 15 is 0 Å². The Morgan fingerprint density at radius 2 is 1.44 bits per heavy atom. The van der Waals surface area contributed by atoms with Gasteiger partial charge in [0, 0.05) is 22.9 Å². The number of anilines is 2. The highest BCUT2D eigenvalue weighted by atomic mass is 16.4. The van der Waals surface area contributed by atoms with Crippen molar-refractivity contribution in [1.29, 1.82) is 0 Å². The fraction of sp³-hybridized carbons (Fsp3) is 0.286. The van der Waals surface area contributed by atoms with Crippen LogP contribution in [0.1, 0.15) is 52.8 Å². The third-order valence-electron chi connectivity index (χ3n) is 4.74. The van der Waals surface area contributed by atoms with Crippen LogP contribution in [0.25, 0.3) is 0 Å². The van der Waals surface area contributed by atoms with E-state index in [4.69, 9.17) is 5.11 Å². The molecule has 27 heavy (non-hydrogen) atoms. The number of aromatic carboxylic acids is 1. The van der Waals surface area contributed by atoms with Crippen LogP contribution >= 0.6 is 0 Å². The second-order valence-corrected chi connectivity index (χ2v) is 6.75. The van der Waals surface area contributed by atoms with E-state index in [0.29, 0.717) is 11.4 Å². The van der Waals surface area contributed by atoms with Crippen LogP contribution < -0.4 is 10.6 Å². The first-order valence-electron chi connectivity index (χ1n) is 9.08. The average molecular weight is 366 g/mol. The molecule has 2 aromatic carbocycles. The minimum Gasteiger partial charge on any atom is -0.478 e. The van der Waals surface area contributed by atoms with Gasteiger partial charge in [-0.2, -0.15) is 0 Å². The van der Waals surface area contributed by atoms with Crippen LogP contribution in [-0.2, 0) is 4.79 Å². The molecule has 2 amide bonds. The lowest BCUT2D eigenvalue weighted by atomic mass is 9.88. The summed E-state index contributed by atoms with van der Waals surface area (Å²) in [5.41, 5.74) is 1.47. The molecule has 0 atom stereocenters. The van der Waals surface area contributed by atoms with Gasteiger partial charge in [0.1, 0.15) is 0 Å². The first kappa shape index (κ1) is 18.6. The number of rotatable bonds is 5. The number of hydrogen-bond donors (Lipinski definition) is 3. The van der Waals surface area contributed by atoms with Gasteiger partial charge in [-0.3, -0.25) is 9.59 Å². The van der Waals surface area contributed by atoms with Crippen LogP contribution in [0.5, 0.6) is 0 Å². The number of carbonyl (C=O) groups is 3. The SMILES string of the molecule is O=C(O)c1cccc(C(=O)Nc2cccc(NC(=O)C3CCCCC3)c2)c1. The zero-order valence-corrected chi connectivity index (χ0v) is 14.9. The maximum atomic E-state index is 12.4. The van der Waals surface area contributed by atoms with Gasteiger partial charge in [0.2, 0.25) is 5.91 Å².